The largest absolute Gasteiger partial charge is 0.459 e. The van der Waals surface area contributed by atoms with E-state index in [4.69, 9.17) is 9.15 Å². The van der Waals surface area contributed by atoms with Gasteiger partial charge >= 0.3 is 0 Å². The fraction of sp³-hybridized carbons (Fsp3) is 0.526. The van der Waals surface area contributed by atoms with Crippen molar-refractivity contribution in [3.8, 4) is 0 Å². The van der Waals surface area contributed by atoms with E-state index in [1.807, 2.05) is 25.2 Å². The first-order chi connectivity index (χ1) is 12.3. The molecule has 0 spiro atoms. The highest BCUT2D eigenvalue weighted by Crippen LogP contribution is 2.19. The minimum Gasteiger partial charge on any atom is -0.459 e. The van der Waals surface area contributed by atoms with E-state index < -0.39 is 0 Å². The van der Waals surface area contributed by atoms with Gasteiger partial charge in [0.25, 0.3) is 0 Å². The highest BCUT2D eigenvalue weighted by Gasteiger charge is 2.30. The summed E-state index contributed by atoms with van der Waals surface area (Å²) in [6, 6.07) is 10.8. The van der Waals surface area contributed by atoms with Gasteiger partial charge in [-0.15, -0.1) is 0 Å². The van der Waals surface area contributed by atoms with Crippen molar-refractivity contribution in [1.29, 1.82) is 0 Å². The van der Waals surface area contributed by atoms with Gasteiger partial charge in [0.05, 0.1) is 19.8 Å². The van der Waals surface area contributed by atoms with E-state index in [1.165, 1.54) is 6.42 Å². The second-order valence-corrected chi connectivity index (χ2v) is 6.69. The Bertz CT molecular complexity index is 703. The average molecular weight is 342 g/mol. The predicted molar refractivity (Wildman–Crippen MR) is 98.8 cm³/mol. The van der Waals surface area contributed by atoms with Gasteiger partial charge in [-0.3, -0.25) is 9.89 Å². The fourth-order valence-electron chi connectivity index (χ4n) is 3.80. The number of hydrogen-bond acceptors (Lipinski definition) is 4. The molecule has 1 aromatic carbocycles. The molecule has 2 aromatic rings. The number of guanidine groups is 1. The number of aliphatic imine (C=N–C) groups is 1. The third kappa shape index (κ3) is 3.65. The minimum absolute atomic E-state index is 0.605. The van der Waals surface area contributed by atoms with E-state index in [0.29, 0.717) is 12.6 Å². The monoisotopic (exact) mass is 342 g/mol. The standard InChI is InChI=1S/C19H26N4O2/c1-20-19(21-13-17-12-15-4-2-3-5-18(15)25-17)23-7-6-16(14-23)22-8-10-24-11-9-22/h2-5,12,16H,6-11,13-14H2,1H3,(H,20,21). The van der Waals surface area contributed by atoms with Crippen molar-refractivity contribution < 1.29 is 9.15 Å². The first-order valence-corrected chi connectivity index (χ1v) is 9.08. The molecule has 2 aliphatic heterocycles. The van der Waals surface area contributed by atoms with E-state index in [-0.39, 0.29) is 0 Å². The molecular weight excluding hydrogens is 316 g/mol. The fourth-order valence-corrected chi connectivity index (χ4v) is 3.80. The van der Waals surface area contributed by atoms with Crippen LogP contribution in [0.1, 0.15) is 12.2 Å². The quantitative estimate of drug-likeness (QED) is 0.682. The molecule has 2 aliphatic rings. The van der Waals surface area contributed by atoms with Gasteiger partial charge in [0.15, 0.2) is 5.96 Å². The Labute approximate surface area is 148 Å². The molecular formula is C19H26N4O2. The summed E-state index contributed by atoms with van der Waals surface area (Å²) in [5, 5.41) is 4.59. The smallest absolute Gasteiger partial charge is 0.194 e. The van der Waals surface area contributed by atoms with Crippen LogP contribution >= 0.6 is 0 Å². The molecule has 1 aromatic heterocycles. The van der Waals surface area contributed by atoms with E-state index in [1.54, 1.807) is 0 Å². The van der Waals surface area contributed by atoms with Gasteiger partial charge < -0.3 is 19.4 Å². The highest BCUT2D eigenvalue weighted by atomic mass is 16.5. The van der Waals surface area contributed by atoms with Gasteiger partial charge in [0.2, 0.25) is 0 Å². The zero-order valence-corrected chi connectivity index (χ0v) is 14.8. The molecule has 1 atom stereocenters. The van der Waals surface area contributed by atoms with Crippen LogP contribution in [0.4, 0.5) is 0 Å². The predicted octanol–water partition coefficient (Wildman–Crippen LogP) is 1.91. The lowest BCUT2D eigenvalue weighted by Gasteiger charge is -2.32. The van der Waals surface area contributed by atoms with Crippen molar-refractivity contribution in [2.24, 2.45) is 4.99 Å². The number of para-hydroxylation sites is 1. The van der Waals surface area contributed by atoms with Gasteiger partial charge in [-0.05, 0) is 18.6 Å². The molecule has 25 heavy (non-hydrogen) atoms. The Morgan fingerprint density at radius 3 is 2.88 bits per heavy atom. The van der Waals surface area contributed by atoms with Crippen molar-refractivity contribution in [2.75, 3.05) is 46.4 Å². The Kier molecular flexibility index (Phi) is 4.90. The summed E-state index contributed by atoms with van der Waals surface area (Å²) in [5.74, 6) is 1.89. The second-order valence-electron chi connectivity index (χ2n) is 6.69. The van der Waals surface area contributed by atoms with Crippen LogP contribution in [0.25, 0.3) is 11.0 Å². The van der Waals surface area contributed by atoms with Crippen LogP contribution in [-0.2, 0) is 11.3 Å². The number of morpholine rings is 1. The summed E-state index contributed by atoms with van der Waals surface area (Å²) in [6.07, 6.45) is 1.19. The molecule has 134 valence electrons. The van der Waals surface area contributed by atoms with E-state index in [2.05, 4.69) is 32.2 Å². The van der Waals surface area contributed by atoms with Gasteiger partial charge in [-0.25, -0.2) is 0 Å². The lowest BCUT2D eigenvalue weighted by Crippen LogP contribution is -2.46. The summed E-state index contributed by atoms with van der Waals surface area (Å²) >= 11 is 0. The lowest BCUT2D eigenvalue weighted by atomic mass is 10.2. The SMILES string of the molecule is CN=C(NCc1cc2ccccc2o1)N1CCC(N2CCOCC2)C1. The van der Waals surface area contributed by atoms with Crippen molar-refractivity contribution in [3.05, 3.63) is 36.1 Å². The van der Waals surface area contributed by atoms with Gasteiger partial charge in [-0.2, -0.15) is 0 Å². The minimum atomic E-state index is 0.605. The number of hydrogen-bond donors (Lipinski definition) is 1. The summed E-state index contributed by atoms with van der Waals surface area (Å²) in [7, 11) is 1.85. The van der Waals surface area contributed by atoms with Gasteiger partial charge in [0, 0.05) is 44.7 Å². The Balaban J connectivity index is 1.34. The Morgan fingerprint density at radius 1 is 1.24 bits per heavy atom. The third-order valence-electron chi connectivity index (χ3n) is 5.13. The molecule has 0 bridgehead atoms. The first-order valence-electron chi connectivity index (χ1n) is 9.08. The van der Waals surface area contributed by atoms with Crippen molar-refractivity contribution in [3.63, 3.8) is 0 Å². The highest BCUT2D eigenvalue weighted by molar-refractivity contribution is 5.81. The zero-order chi connectivity index (χ0) is 17.1. The maximum Gasteiger partial charge on any atom is 0.194 e. The van der Waals surface area contributed by atoms with Crippen LogP contribution in [-0.4, -0.2) is 68.2 Å². The lowest BCUT2D eigenvalue weighted by molar-refractivity contribution is 0.0195. The number of benzene rings is 1. The summed E-state index contributed by atoms with van der Waals surface area (Å²) < 4.78 is 11.3. The molecule has 4 rings (SSSR count). The average Bonchev–Trinajstić information content (AvgIpc) is 3.30. The summed E-state index contributed by atoms with van der Waals surface area (Å²) in [6.45, 7) is 6.53. The van der Waals surface area contributed by atoms with Crippen LogP contribution in [0.3, 0.4) is 0 Å². The second kappa shape index (κ2) is 7.45. The molecule has 6 heteroatoms. The van der Waals surface area contributed by atoms with Crippen molar-refractivity contribution in [2.45, 2.75) is 19.0 Å². The van der Waals surface area contributed by atoms with Gasteiger partial charge in [-0.1, -0.05) is 18.2 Å². The van der Waals surface area contributed by atoms with Crippen LogP contribution < -0.4 is 5.32 Å². The van der Waals surface area contributed by atoms with Crippen LogP contribution in [0, 0.1) is 0 Å². The molecule has 0 amide bonds. The molecule has 1 N–H and O–H groups in total. The van der Waals surface area contributed by atoms with Crippen molar-refractivity contribution in [1.82, 2.24) is 15.1 Å². The molecule has 2 saturated heterocycles. The third-order valence-corrected chi connectivity index (χ3v) is 5.13. The Morgan fingerprint density at radius 2 is 2.08 bits per heavy atom. The number of likely N-dealkylation sites (tertiary alicyclic amines) is 1. The number of nitrogens with one attached hydrogen (secondary N) is 1. The zero-order valence-electron chi connectivity index (χ0n) is 14.8. The molecule has 1 unspecified atom stereocenters. The molecule has 2 fully saturated rings. The van der Waals surface area contributed by atoms with Crippen LogP contribution in [0.15, 0.2) is 39.7 Å². The summed E-state index contributed by atoms with van der Waals surface area (Å²) in [5.41, 5.74) is 0.933. The van der Waals surface area contributed by atoms with Crippen LogP contribution in [0.5, 0.6) is 0 Å². The molecule has 0 saturated carbocycles. The summed E-state index contributed by atoms with van der Waals surface area (Å²) in [4.78, 5) is 9.37. The number of furan rings is 1. The van der Waals surface area contributed by atoms with E-state index in [0.717, 1.165) is 62.1 Å². The first kappa shape index (κ1) is 16.4. The molecule has 6 nitrogen and oxygen atoms in total. The molecule has 3 heterocycles. The van der Waals surface area contributed by atoms with E-state index >= 15 is 0 Å². The maximum atomic E-state index is 5.88. The van der Waals surface area contributed by atoms with E-state index in [9.17, 15) is 0 Å². The number of ether oxygens (including phenoxy) is 1. The Hall–Kier alpha value is -2.05. The van der Waals surface area contributed by atoms with Crippen molar-refractivity contribution >= 4 is 16.9 Å². The topological polar surface area (TPSA) is 53.2 Å². The maximum absolute atomic E-state index is 5.88. The molecule has 0 radical (unpaired) electrons. The molecule has 0 aliphatic carbocycles. The van der Waals surface area contributed by atoms with Crippen LogP contribution in [0.2, 0.25) is 0 Å². The number of fused-ring (bicyclic) bond motifs is 1. The van der Waals surface area contributed by atoms with Gasteiger partial charge in [0.1, 0.15) is 11.3 Å². The number of nitrogens with zero attached hydrogens (tertiary/aromatic N) is 3. The normalized spacial score (nSPS) is 22.7. The number of rotatable bonds is 3.